The molecule has 1 unspecified atom stereocenters. The van der Waals surface area contributed by atoms with Gasteiger partial charge in [-0.25, -0.2) is 18.4 Å². The van der Waals surface area contributed by atoms with Gasteiger partial charge in [-0.05, 0) is 47.0 Å². The molecule has 2 rings (SSSR count). The first kappa shape index (κ1) is 29.6. The quantitative estimate of drug-likeness (QED) is 0.353. The Bertz CT molecular complexity index is 885. The third-order valence-electron chi connectivity index (χ3n) is 4.54. The summed E-state index contributed by atoms with van der Waals surface area (Å²) in [4.78, 5) is 4.37. The van der Waals surface area contributed by atoms with E-state index in [4.69, 9.17) is 16.3 Å². The summed E-state index contributed by atoms with van der Waals surface area (Å²) in [6, 6.07) is 1.16. The molecule has 0 aromatic carbocycles. The van der Waals surface area contributed by atoms with Gasteiger partial charge in [0.1, 0.15) is 0 Å². The Kier molecular flexibility index (Phi) is 12.1. The fourth-order valence-electron chi connectivity index (χ4n) is 2.92. The average molecular weight is 513 g/mol. The van der Waals surface area contributed by atoms with Gasteiger partial charge in [0.15, 0.2) is 16.5 Å². The van der Waals surface area contributed by atoms with Gasteiger partial charge in [-0.1, -0.05) is 38.3 Å². The second-order valence-corrected chi connectivity index (χ2v) is 10.9. The van der Waals surface area contributed by atoms with Gasteiger partial charge in [-0.2, -0.15) is 18.3 Å². The van der Waals surface area contributed by atoms with Crippen molar-refractivity contribution in [3.63, 3.8) is 0 Å². The number of unbranched alkanes of at least 4 members (excludes halogenated alkanes) is 2. The van der Waals surface area contributed by atoms with Crippen LogP contribution >= 0.6 is 11.6 Å². The van der Waals surface area contributed by atoms with E-state index in [1.165, 1.54) is 0 Å². The number of imidazole rings is 1. The Hall–Kier alpha value is -1.39. The molecule has 0 aliphatic heterocycles. The number of aromatic nitrogens is 3. The van der Waals surface area contributed by atoms with Crippen LogP contribution in [0.3, 0.4) is 0 Å². The molecule has 1 N–H and O–H groups in total. The monoisotopic (exact) mass is 512 g/mol. The normalized spacial score (nSPS) is 14.0. The van der Waals surface area contributed by atoms with E-state index < -0.39 is 34.4 Å². The number of nitrogens with one attached hydrogen (secondary N) is 1. The van der Waals surface area contributed by atoms with Gasteiger partial charge in [0.05, 0.1) is 34.2 Å². The highest BCUT2D eigenvalue weighted by Gasteiger charge is 2.30. The number of nitrogens with zero attached hydrogens (tertiary/aromatic N) is 3. The molecule has 0 aliphatic carbocycles. The molecular formula is C22H36ClF3N4O2S. The van der Waals surface area contributed by atoms with Gasteiger partial charge in [0.25, 0.3) is 0 Å². The Balaban J connectivity index is 0.00000265. The van der Waals surface area contributed by atoms with Crippen LogP contribution in [-0.2, 0) is 11.0 Å². The summed E-state index contributed by atoms with van der Waals surface area (Å²) in [6.45, 7) is 11.6. The first-order valence-corrected chi connectivity index (χ1v) is 12.8. The Morgan fingerprint density at radius 2 is 1.85 bits per heavy atom. The zero-order chi connectivity index (χ0) is 25.2. The van der Waals surface area contributed by atoms with Crippen LogP contribution in [-0.4, -0.2) is 42.4 Å². The molecule has 0 saturated heterocycles. The fraction of sp³-hybridized carbons (Fsp3) is 0.727. The van der Waals surface area contributed by atoms with Gasteiger partial charge in [-0.15, -0.1) is 0 Å². The molecule has 190 valence electrons. The lowest BCUT2D eigenvalue weighted by molar-refractivity contribution is -0.136. The molecule has 6 nitrogen and oxygen atoms in total. The number of fused-ring (bicyclic) bond motifs is 1. The van der Waals surface area contributed by atoms with Crippen LogP contribution < -0.4 is 9.46 Å². The molecule has 0 amide bonds. The summed E-state index contributed by atoms with van der Waals surface area (Å²) in [5, 5.41) is 4.43. The molecule has 0 fully saturated rings. The zero-order valence-electron chi connectivity index (χ0n) is 20.3. The largest absolute Gasteiger partial charge is 0.490 e. The Morgan fingerprint density at radius 1 is 1.18 bits per heavy atom. The summed E-state index contributed by atoms with van der Waals surface area (Å²) < 4.78 is 59.9. The highest BCUT2D eigenvalue weighted by Crippen LogP contribution is 2.25. The number of alkyl halides is 3. The summed E-state index contributed by atoms with van der Waals surface area (Å²) in [7, 11) is -1.41. The van der Waals surface area contributed by atoms with Crippen LogP contribution in [0, 0.1) is 6.92 Å². The number of rotatable bonds is 11. The average Bonchev–Trinajstić information content (AvgIpc) is 3.08. The maximum Gasteiger partial charge on any atom is 0.389 e. The summed E-state index contributed by atoms with van der Waals surface area (Å²) >= 11 is 6.01. The van der Waals surface area contributed by atoms with E-state index in [1.807, 2.05) is 20.8 Å². The standard InChI is InChI=1S/C20H30ClF3N4O2S.C2H6/c1-14-13-28-18(25-14)16(12-17(21)26-28)30-11-7-5-6-8-15(9-10-20(22,23)24)27-31(29)19(2,3)4;1-2/h12-13,15,27H,5-11H2,1-4H3;1-2H3/t15-,31?;/m1./s1. The van der Waals surface area contributed by atoms with Gasteiger partial charge in [0, 0.05) is 18.5 Å². The highest BCUT2D eigenvalue weighted by atomic mass is 35.5. The number of hydrogen-bond acceptors (Lipinski definition) is 4. The predicted molar refractivity (Wildman–Crippen MR) is 128 cm³/mol. The summed E-state index contributed by atoms with van der Waals surface area (Å²) in [5.74, 6) is 0.540. The van der Waals surface area contributed by atoms with Gasteiger partial charge in [-0.3, -0.25) is 0 Å². The van der Waals surface area contributed by atoms with Crippen LogP contribution in [0.2, 0.25) is 5.15 Å². The predicted octanol–water partition coefficient (Wildman–Crippen LogP) is 6.42. The van der Waals surface area contributed by atoms with Crippen molar-refractivity contribution < 1.29 is 22.1 Å². The van der Waals surface area contributed by atoms with Crippen LogP contribution in [0.4, 0.5) is 13.2 Å². The lowest BCUT2D eigenvalue weighted by atomic mass is 10.0. The molecular weight excluding hydrogens is 477 g/mol. The lowest BCUT2D eigenvalue weighted by Gasteiger charge is -2.24. The third-order valence-corrected chi connectivity index (χ3v) is 6.39. The van der Waals surface area contributed by atoms with Crippen LogP contribution in [0.5, 0.6) is 5.75 Å². The van der Waals surface area contributed by atoms with Crippen LogP contribution in [0.25, 0.3) is 5.65 Å². The molecule has 33 heavy (non-hydrogen) atoms. The molecule has 2 aromatic rings. The van der Waals surface area contributed by atoms with E-state index in [-0.39, 0.29) is 6.42 Å². The van der Waals surface area contributed by atoms with E-state index >= 15 is 0 Å². The second-order valence-electron chi connectivity index (χ2n) is 8.53. The number of halogens is 4. The maximum atomic E-state index is 12.6. The van der Waals surface area contributed by atoms with Crippen molar-refractivity contribution in [3.8, 4) is 5.75 Å². The second kappa shape index (κ2) is 13.5. The van der Waals surface area contributed by atoms with Crippen molar-refractivity contribution >= 4 is 28.2 Å². The summed E-state index contributed by atoms with van der Waals surface area (Å²) in [6.07, 6.45) is -0.734. The van der Waals surface area contributed by atoms with E-state index in [2.05, 4.69) is 14.8 Å². The SMILES string of the molecule is CC.Cc1cn2nc(Cl)cc(OCCCCC[C@H](CCC(F)(F)F)NS(=O)C(C)(C)C)c2n1. The van der Waals surface area contributed by atoms with Crippen LogP contribution in [0.15, 0.2) is 12.3 Å². The molecule has 2 heterocycles. The van der Waals surface area contributed by atoms with Gasteiger partial charge in [0.2, 0.25) is 0 Å². The minimum absolute atomic E-state index is 0.0887. The fourth-order valence-corrected chi connectivity index (χ4v) is 3.99. The first-order valence-electron chi connectivity index (χ1n) is 11.3. The van der Waals surface area contributed by atoms with Crippen molar-refractivity contribution in [3.05, 3.63) is 23.1 Å². The minimum atomic E-state index is -4.22. The zero-order valence-corrected chi connectivity index (χ0v) is 21.8. The molecule has 0 radical (unpaired) electrons. The topological polar surface area (TPSA) is 68.5 Å². The summed E-state index contributed by atoms with van der Waals surface area (Å²) in [5.41, 5.74) is 1.38. The molecule has 0 spiro atoms. The van der Waals surface area contributed by atoms with Crippen molar-refractivity contribution in [2.45, 2.75) is 97.0 Å². The van der Waals surface area contributed by atoms with Crippen LogP contribution in [0.1, 0.15) is 78.8 Å². The molecule has 0 saturated carbocycles. The maximum absolute atomic E-state index is 12.6. The van der Waals surface area contributed by atoms with Crippen molar-refractivity contribution in [1.82, 2.24) is 19.3 Å². The smallest absolute Gasteiger partial charge is 0.389 e. The van der Waals surface area contributed by atoms with E-state index in [0.29, 0.717) is 36.0 Å². The van der Waals surface area contributed by atoms with Gasteiger partial charge < -0.3 is 4.74 Å². The van der Waals surface area contributed by atoms with E-state index in [1.54, 1.807) is 37.5 Å². The highest BCUT2D eigenvalue weighted by molar-refractivity contribution is 7.84. The number of hydrogen-bond donors (Lipinski definition) is 1. The van der Waals surface area contributed by atoms with Crippen molar-refractivity contribution in [1.29, 1.82) is 0 Å². The first-order chi connectivity index (χ1) is 15.3. The molecule has 11 heteroatoms. The Morgan fingerprint density at radius 3 is 2.45 bits per heavy atom. The molecule has 0 aliphatic rings. The van der Waals surface area contributed by atoms with Crippen molar-refractivity contribution in [2.24, 2.45) is 0 Å². The van der Waals surface area contributed by atoms with Gasteiger partial charge >= 0.3 is 6.18 Å². The molecule has 0 bridgehead atoms. The molecule has 2 aromatic heterocycles. The Labute approximate surface area is 202 Å². The third kappa shape index (κ3) is 11.1. The number of aryl methyl sites for hydroxylation is 1. The van der Waals surface area contributed by atoms with E-state index in [9.17, 15) is 17.4 Å². The van der Waals surface area contributed by atoms with E-state index in [0.717, 1.165) is 18.5 Å². The number of ether oxygens (including phenoxy) is 1. The lowest BCUT2D eigenvalue weighted by Crippen LogP contribution is -2.40. The van der Waals surface area contributed by atoms with Crippen molar-refractivity contribution in [2.75, 3.05) is 6.61 Å². The molecule has 2 atom stereocenters. The minimum Gasteiger partial charge on any atom is -0.490 e.